The first-order chi connectivity index (χ1) is 22.5. The van der Waals surface area contributed by atoms with Gasteiger partial charge in [-0.3, -0.25) is 0 Å². The van der Waals surface area contributed by atoms with Crippen LogP contribution in [0.1, 0.15) is 135 Å². The van der Waals surface area contributed by atoms with Gasteiger partial charge in [0.15, 0.2) is 6.29 Å². The van der Waals surface area contributed by atoms with Gasteiger partial charge in [-0.05, 0) is 160 Å². The van der Waals surface area contributed by atoms with E-state index in [1.165, 1.54) is 64.5 Å². The number of rotatable bonds is 9. The number of likely N-dealkylation sites (tertiary alicyclic amines) is 1. The van der Waals surface area contributed by atoms with Crippen LogP contribution < -0.4 is 0 Å². The largest absolute Gasteiger partial charge is 0.389 e. The molecule has 4 heterocycles. The normalized spacial score (nSPS) is 46.4. The lowest BCUT2D eigenvalue weighted by atomic mass is 9.57. The molecule has 264 valence electrons. The molecule has 0 amide bonds. The van der Waals surface area contributed by atoms with Crippen molar-refractivity contribution < 1.29 is 28.8 Å². The van der Waals surface area contributed by atoms with Gasteiger partial charge in [-0.1, -0.05) is 6.42 Å². The van der Waals surface area contributed by atoms with Crippen molar-refractivity contribution in [2.24, 2.45) is 29.6 Å². The van der Waals surface area contributed by atoms with E-state index in [1.807, 2.05) is 0 Å². The summed E-state index contributed by atoms with van der Waals surface area (Å²) in [6.45, 7) is 8.43. The topological polar surface area (TPSA) is 69.6 Å². The standard InChI is InChI=1S/C39H67NO6/c1-39(41)33-20-15-30(34-9-3-7-24-43-34)27-35(33)46-38(29-13-16-31(17-14-29)42-26-23-40-21-5-2-6-22-40)37(39)28-11-18-32(19-12-28)45-36-10-4-8-25-44-36/h28-38,41H,2-27H2,1H3. The third kappa shape index (κ3) is 8.19. The average molecular weight is 646 g/mol. The molecule has 0 aromatic carbocycles. The number of nitrogens with zero attached hydrogens (tertiary/aromatic N) is 1. The van der Waals surface area contributed by atoms with Crippen LogP contribution in [0.4, 0.5) is 0 Å². The van der Waals surface area contributed by atoms with E-state index in [2.05, 4.69) is 11.8 Å². The lowest BCUT2D eigenvalue weighted by Crippen LogP contribution is -2.64. The molecule has 1 N–H and O–H groups in total. The molecule has 3 aliphatic carbocycles. The highest BCUT2D eigenvalue weighted by atomic mass is 16.7. The van der Waals surface area contributed by atoms with Crippen molar-refractivity contribution in [1.29, 1.82) is 0 Å². The first-order valence-corrected chi connectivity index (χ1v) is 20.1. The fourth-order valence-corrected chi connectivity index (χ4v) is 11.2. The predicted molar refractivity (Wildman–Crippen MR) is 180 cm³/mol. The minimum absolute atomic E-state index is 0.00878. The van der Waals surface area contributed by atoms with Crippen LogP contribution in [-0.2, 0) is 23.7 Å². The van der Waals surface area contributed by atoms with Gasteiger partial charge in [-0.2, -0.15) is 0 Å². The molecule has 7 nitrogen and oxygen atoms in total. The van der Waals surface area contributed by atoms with E-state index < -0.39 is 5.60 Å². The van der Waals surface area contributed by atoms with E-state index in [1.54, 1.807) is 0 Å². The van der Waals surface area contributed by atoms with E-state index >= 15 is 0 Å². The fraction of sp³-hybridized carbons (Fsp3) is 1.00. The zero-order valence-corrected chi connectivity index (χ0v) is 29.2. The Labute approximate surface area is 280 Å². The summed E-state index contributed by atoms with van der Waals surface area (Å²) in [5.74, 6) is 2.01. The first-order valence-electron chi connectivity index (χ1n) is 20.1. The van der Waals surface area contributed by atoms with Gasteiger partial charge in [0.25, 0.3) is 0 Å². The third-order valence-corrected chi connectivity index (χ3v) is 13.8. The van der Waals surface area contributed by atoms with Crippen molar-refractivity contribution in [1.82, 2.24) is 4.90 Å². The fourth-order valence-electron chi connectivity index (χ4n) is 11.2. The van der Waals surface area contributed by atoms with E-state index in [9.17, 15) is 5.11 Å². The monoisotopic (exact) mass is 645 g/mol. The number of hydrogen-bond donors (Lipinski definition) is 1. The van der Waals surface area contributed by atoms with Gasteiger partial charge in [0, 0.05) is 31.6 Å². The second-order valence-corrected chi connectivity index (χ2v) is 16.8. The number of hydrogen-bond acceptors (Lipinski definition) is 7. The highest BCUT2D eigenvalue weighted by molar-refractivity contribution is 5.07. The summed E-state index contributed by atoms with van der Waals surface area (Å²) in [4.78, 5) is 2.59. The van der Waals surface area contributed by atoms with Gasteiger partial charge in [-0.15, -0.1) is 0 Å². The summed E-state index contributed by atoms with van der Waals surface area (Å²) in [7, 11) is 0. The van der Waals surface area contributed by atoms with Crippen LogP contribution in [0.25, 0.3) is 0 Å². The summed E-state index contributed by atoms with van der Waals surface area (Å²) in [6, 6.07) is 0. The SMILES string of the molecule is CC1(O)C2CCC(C3CCCCO3)CC2OC(C2CCC(OCCN3CCCCC3)CC2)C1C1CCC(OC2CCCCO2)CC1. The minimum atomic E-state index is -0.696. The van der Waals surface area contributed by atoms with Crippen LogP contribution in [0.5, 0.6) is 0 Å². The number of ether oxygens (including phenoxy) is 5. The van der Waals surface area contributed by atoms with E-state index in [4.69, 9.17) is 23.7 Å². The predicted octanol–water partition coefficient (Wildman–Crippen LogP) is 7.27. The van der Waals surface area contributed by atoms with Crippen LogP contribution in [0, 0.1) is 29.6 Å². The zero-order chi connectivity index (χ0) is 31.3. The van der Waals surface area contributed by atoms with Gasteiger partial charge in [0.2, 0.25) is 0 Å². The maximum Gasteiger partial charge on any atom is 0.157 e. The molecule has 0 spiro atoms. The first kappa shape index (κ1) is 34.2. The Bertz CT molecular complexity index is 898. The van der Waals surface area contributed by atoms with Crippen molar-refractivity contribution in [2.45, 2.75) is 178 Å². The molecule has 7 heteroatoms. The Kier molecular flexibility index (Phi) is 12.0. The number of piperidine rings is 1. The molecule has 7 fully saturated rings. The van der Waals surface area contributed by atoms with Gasteiger partial charge >= 0.3 is 0 Å². The summed E-state index contributed by atoms with van der Waals surface area (Å²) < 4.78 is 32.5. The van der Waals surface area contributed by atoms with Crippen molar-refractivity contribution in [3.8, 4) is 0 Å². The quantitative estimate of drug-likeness (QED) is 0.283. The second-order valence-electron chi connectivity index (χ2n) is 16.8. The van der Waals surface area contributed by atoms with Gasteiger partial charge in [0.05, 0.1) is 42.7 Å². The lowest BCUT2D eigenvalue weighted by molar-refractivity contribution is -0.266. The van der Waals surface area contributed by atoms with Gasteiger partial charge in [-0.25, -0.2) is 0 Å². The zero-order valence-electron chi connectivity index (χ0n) is 29.2. The van der Waals surface area contributed by atoms with Crippen LogP contribution in [-0.4, -0.2) is 91.9 Å². The molecule has 46 heavy (non-hydrogen) atoms. The van der Waals surface area contributed by atoms with Crippen molar-refractivity contribution >= 4 is 0 Å². The highest BCUT2D eigenvalue weighted by Crippen LogP contribution is 2.55. The summed E-state index contributed by atoms with van der Waals surface area (Å²) in [5, 5.41) is 12.7. The molecule has 7 rings (SSSR count). The van der Waals surface area contributed by atoms with Crippen molar-refractivity contribution in [3.05, 3.63) is 0 Å². The Morgan fingerprint density at radius 1 is 0.674 bits per heavy atom. The maximum atomic E-state index is 12.7. The molecule has 3 saturated carbocycles. The minimum Gasteiger partial charge on any atom is -0.389 e. The average Bonchev–Trinajstić information content (AvgIpc) is 3.10. The third-order valence-electron chi connectivity index (χ3n) is 13.8. The highest BCUT2D eigenvalue weighted by Gasteiger charge is 2.58. The Balaban J connectivity index is 0.997. The molecule has 8 atom stereocenters. The Morgan fingerprint density at radius 3 is 2.09 bits per heavy atom. The lowest BCUT2D eigenvalue weighted by Gasteiger charge is -2.59. The molecule has 0 aromatic rings. The summed E-state index contributed by atoms with van der Waals surface area (Å²) in [5.41, 5.74) is -0.696. The van der Waals surface area contributed by atoms with Crippen LogP contribution in [0.15, 0.2) is 0 Å². The maximum absolute atomic E-state index is 12.7. The number of fused-ring (bicyclic) bond motifs is 1. The van der Waals surface area contributed by atoms with Crippen LogP contribution in [0.2, 0.25) is 0 Å². The van der Waals surface area contributed by atoms with Crippen molar-refractivity contribution in [2.75, 3.05) is 39.5 Å². The van der Waals surface area contributed by atoms with E-state index in [0.717, 1.165) is 103 Å². The molecule has 8 unspecified atom stereocenters. The Morgan fingerprint density at radius 2 is 1.37 bits per heavy atom. The molecule has 7 aliphatic rings. The van der Waals surface area contributed by atoms with Crippen LogP contribution >= 0.6 is 0 Å². The summed E-state index contributed by atoms with van der Waals surface area (Å²) >= 11 is 0. The van der Waals surface area contributed by atoms with E-state index in [0.29, 0.717) is 36.1 Å². The molecule has 0 radical (unpaired) electrons. The molecule has 4 aliphatic heterocycles. The Hall–Kier alpha value is -0.280. The van der Waals surface area contributed by atoms with Crippen molar-refractivity contribution in [3.63, 3.8) is 0 Å². The second kappa shape index (κ2) is 16.2. The summed E-state index contributed by atoms with van der Waals surface area (Å²) in [6.07, 6.45) is 24.8. The molecule has 0 bridgehead atoms. The molecular weight excluding hydrogens is 578 g/mol. The molecular formula is C39H67NO6. The molecule has 4 saturated heterocycles. The van der Waals surface area contributed by atoms with Gasteiger partial charge < -0.3 is 33.7 Å². The van der Waals surface area contributed by atoms with E-state index in [-0.39, 0.29) is 30.3 Å². The number of aliphatic hydroxyl groups is 1. The van der Waals surface area contributed by atoms with Gasteiger partial charge in [0.1, 0.15) is 0 Å². The smallest absolute Gasteiger partial charge is 0.157 e. The van der Waals surface area contributed by atoms with Crippen LogP contribution in [0.3, 0.4) is 0 Å². The molecule has 0 aromatic heterocycles.